The van der Waals surface area contributed by atoms with Crippen LogP contribution in [0.5, 0.6) is 5.75 Å². The van der Waals surface area contributed by atoms with Crippen molar-refractivity contribution in [2.45, 2.75) is 19.9 Å². The Balaban J connectivity index is 3.28. The third kappa shape index (κ3) is 1.51. The van der Waals surface area contributed by atoms with Gasteiger partial charge in [0.05, 0.1) is 0 Å². The van der Waals surface area contributed by atoms with E-state index in [1.54, 1.807) is 19.1 Å². The van der Waals surface area contributed by atoms with E-state index in [0.29, 0.717) is 11.3 Å². The van der Waals surface area contributed by atoms with Crippen molar-refractivity contribution >= 4 is 5.69 Å². The molecule has 66 valence electrons. The Morgan fingerprint density at radius 1 is 1.42 bits per heavy atom. The van der Waals surface area contributed by atoms with Crippen LogP contribution in [0.15, 0.2) is 12.1 Å². The first-order chi connectivity index (χ1) is 5.52. The Kier molecular flexibility index (Phi) is 2.24. The van der Waals surface area contributed by atoms with Crippen LogP contribution in [0.1, 0.15) is 24.1 Å². The molecule has 5 N–H and O–H groups in total. The molecule has 1 atom stereocenters. The molecule has 0 bridgehead atoms. The molecule has 12 heavy (non-hydrogen) atoms. The molecule has 1 unspecified atom stereocenters. The summed E-state index contributed by atoms with van der Waals surface area (Å²) in [4.78, 5) is 0. The quantitative estimate of drug-likeness (QED) is 0.435. The minimum atomic E-state index is -0.188. The van der Waals surface area contributed by atoms with E-state index in [9.17, 15) is 5.11 Å². The fourth-order valence-electron chi connectivity index (χ4n) is 1.18. The Labute approximate surface area is 72.0 Å². The summed E-state index contributed by atoms with van der Waals surface area (Å²) in [6.07, 6.45) is 0. The third-order valence-electron chi connectivity index (χ3n) is 1.84. The standard InChI is InChI=1S/C9H14N2O/c1-5-3-7(11)4-8(6(2)10)9(5)12/h3-4,6,12H,10-11H2,1-2H3. The summed E-state index contributed by atoms with van der Waals surface area (Å²) in [5.41, 5.74) is 13.3. The summed E-state index contributed by atoms with van der Waals surface area (Å²) in [5.74, 6) is 0.249. The molecule has 1 aromatic carbocycles. The van der Waals surface area contributed by atoms with Gasteiger partial charge in [0.2, 0.25) is 0 Å². The molecule has 0 saturated carbocycles. The lowest BCUT2D eigenvalue weighted by atomic mass is 10.0. The molecule has 0 fully saturated rings. The molecule has 0 radical (unpaired) electrons. The van der Waals surface area contributed by atoms with Gasteiger partial charge in [-0.2, -0.15) is 0 Å². The first-order valence-electron chi connectivity index (χ1n) is 3.87. The number of rotatable bonds is 1. The van der Waals surface area contributed by atoms with Gasteiger partial charge < -0.3 is 16.6 Å². The highest BCUT2D eigenvalue weighted by Gasteiger charge is 2.08. The Hall–Kier alpha value is -1.22. The third-order valence-corrected chi connectivity index (χ3v) is 1.84. The first kappa shape index (κ1) is 8.87. The minimum absolute atomic E-state index is 0.188. The lowest BCUT2D eigenvalue weighted by molar-refractivity contribution is 0.460. The number of anilines is 1. The number of aryl methyl sites for hydroxylation is 1. The van der Waals surface area contributed by atoms with Crippen LogP contribution in [-0.4, -0.2) is 5.11 Å². The molecule has 0 amide bonds. The van der Waals surface area contributed by atoms with Gasteiger partial charge in [-0.05, 0) is 31.5 Å². The Morgan fingerprint density at radius 2 is 2.00 bits per heavy atom. The number of nitrogen functional groups attached to an aromatic ring is 1. The van der Waals surface area contributed by atoms with Crippen LogP contribution >= 0.6 is 0 Å². The summed E-state index contributed by atoms with van der Waals surface area (Å²) in [5, 5.41) is 9.56. The number of aromatic hydroxyl groups is 1. The van der Waals surface area contributed by atoms with Gasteiger partial charge in [-0.15, -0.1) is 0 Å². The maximum absolute atomic E-state index is 9.56. The highest BCUT2D eigenvalue weighted by atomic mass is 16.3. The number of phenols is 1. The number of phenolic OH excluding ortho intramolecular Hbond substituents is 1. The maximum Gasteiger partial charge on any atom is 0.123 e. The van der Waals surface area contributed by atoms with E-state index in [-0.39, 0.29) is 11.8 Å². The maximum atomic E-state index is 9.56. The van der Waals surface area contributed by atoms with Crippen LogP contribution in [-0.2, 0) is 0 Å². The zero-order valence-corrected chi connectivity index (χ0v) is 7.33. The van der Waals surface area contributed by atoms with Crippen LogP contribution in [0, 0.1) is 6.92 Å². The van der Waals surface area contributed by atoms with Crippen molar-refractivity contribution in [1.29, 1.82) is 0 Å². The highest BCUT2D eigenvalue weighted by molar-refractivity contribution is 5.53. The van der Waals surface area contributed by atoms with E-state index in [1.807, 2.05) is 6.92 Å². The van der Waals surface area contributed by atoms with E-state index < -0.39 is 0 Å². The SMILES string of the molecule is Cc1cc(N)cc(C(C)N)c1O. The molecule has 1 rings (SSSR count). The summed E-state index contributed by atoms with van der Waals surface area (Å²) in [6, 6.07) is 3.24. The second-order valence-electron chi connectivity index (χ2n) is 3.06. The molecule has 0 aliphatic heterocycles. The second kappa shape index (κ2) is 3.03. The van der Waals surface area contributed by atoms with Crippen LogP contribution in [0.2, 0.25) is 0 Å². The van der Waals surface area contributed by atoms with E-state index in [0.717, 1.165) is 5.56 Å². The molecule has 0 heterocycles. The molecule has 3 nitrogen and oxygen atoms in total. The summed E-state index contributed by atoms with van der Waals surface area (Å²) in [6.45, 7) is 3.62. The topological polar surface area (TPSA) is 72.3 Å². The fourth-order valence-corrected chi connectivity index (χ4v) is 1.18. The van der Waals surface area contributed by atoms with Gasteiger partial charge in [-0.25, -0.2) is 0 Å². The van der Waals surface area contributed by atoms with Crippen LogP contribution in [0.4, 0.5) is 5.69 Å². The van der Waals surface area contributed by atoms with Crippen molar-refractivity contribution in [2.24, 2.45) is 5.73 Å². The first-order valence-corrected chi connectivity index (χ1v) is 3.87. The highest BCUT2D eigenvalue weighted by Crippen LogP contribution is 2.28. The van der Waals surface area contributed by atoms with Crippen LogP contribution in [0.3, 0.4) is 0 Å². The summed E-state index contributed by atoms with van der Waals surface area (Å²) < 4.78 is 0. The van der Waals surface area contributed by atoms with Crippen molar-refractivity contribution in [2.75, 3.05) is 5.73 Å². The van der Waals surface area contributed by atoms with E-state index in [4.69, 9.17) is 11.5 Å². The molecule has 1 aromatic rings. The monoisotopic (exact) mass is 166 g/mol. The van der Waals surface area contributed by atoms with E-state index >= 15 is 0 Å². The predicted octanol–water partition coefficient (Wildman–Crippen LogP) is 1.30. The van der Waals surface area contributed by atoms with Gasteiger partial charge in [0.15, 0.2) is 0 Å². The van der Waals surface area contributed by atoms with Crippen molar-refractivity contribution < 1.29 is 5.11 Å². The second-order valence-corrected chi connectivity index (χ2v) is 3.06. The summed E-state index contributed by atoms with van der Waals surface area (Å²) >= 11 is 0. The van der Waals surface area contributed by atoms with Crippen molar-refractivity contribution in [3.8, 4) is 5.75 Å². The molecule has 0 aromatic heterocycles. The number of nitrogens with two attached hydrogens (primary N) is 2. The smallest absolute Gasteiger partial charge is 0.123 e. The lowest BCUT2D eigenvalue weighted by Gasteiger charge is -2.11. The van der Waals surface area contributed by atoms with Gasteiger partial charge in [-0.3, -0.25) is 0 Å². The molecule has 0 saturated heterocycles. The zero-order valence-electron chi connectivity index (χ0n) is 7.33. The normalized spacial score (nSPS) is 12.9. The van der Waals surface area contributed by atoms with Crippen LogP contribution < -0.4 is 11.5 Å². The van der Waals surface area contributed by atoms with Gasteiger partial charge in [0, 0.05) is 17.3 Å². The van der Waals surface area contributed by atoms with Gasteiger partial charge >= 0.3 is 0 Å². The fraction of sp³-hybridized carbons (Fsp3) is 0.333. The summed E-state index contributed by atoms with van der Waals surface area (Å²) in [7, 11) is 0. The minimum Gasteiger partial charge on any atom is -0.507 e. The number of benzene rings is 1. The van der Waals surface area contributed by atoms with Crippen molar-refractivity contribution in [3.05, 3.63) is 23.3 Å². The largest absolute Gasteiger partial charge is 0.507 e. The average Bonchev–Trinajstić information content (AvgIpc) is 1.96. The van der Waals surface area contributed by atoms with Crippen molar-refractivity contribution in [1.82, 2.24) is 0 Å². The number of hydrogen-bond acceptors (Lipinski definition) is 3. The molecule has 0 aliphatic rings. The zero-order chi connectivity index (χ0) is 9.30. The lowest BCUT2D eigenvalue weighted by Crippen LogP contribution is -2.06. The molecule has 3 heteroatoms. The average molecular weight is 166 g/mol. The Bertz CT molecular complexity index is 295. The van der Waals surface area contributed by atoms with Crippen molar-refractivity contribution in [3.63, 3.8) is 0 Å². The number of hydrogen-bond donors (Lipinski definition) is 3. The van der Waals surface area contributed by atoms with E-state index in [2.05, 4.69) is 0 Å². The van der Waals surface area contributed by atoms with E-state index in [1.165, 1.54) is 0 Å². The predicted molar refractivity (Wildman–Crippen MR) is 49.9 cm³/mol. The molecule has 0 spiro atoms. The van der Waals surface area contributed by atoms with Crippen LogP contribution in [0.25, 0.3) is 0 Å². The molecule has 0 aliphatic carbocycles. The van der Waals surface area contributed by atoms with Gasteiger partial charge in [-0.1, -0.05) is 0 Å². The van der Waals surface area contributed by atoms with Gasteiger partial charge in [0.1, 0.15) is 5.75 Å². The molecular weight excluding hydrogens is 152 g/mol. The van der Waals surface area contributed by atoms with Gasteiger partial charge in [0.25, 0.3) is 0 Å². The molecular formula is C9H14N2O. The Morgan fingerprint density at radius 3 is 2.50 bits per heavy atom.